The van der Waals surface area contributed by atoms with Crippen LogP contribution in [0.3, 0.4) is 0 Å². The van der Waals surface area contributed by atoms with E-state index in [0.29, 0.717) is 6.54 Å². The molecule has 7 heteroatoms. The molecule has 0 aliphatic carbocycles. The minimum absolute atomic E-state index is 0.00596. The van der Waals surface area contributed by atoms with Gasteiger partial charge in [-0.25, -0.2) is 0 Å². The summed E-state index contributed by atoms with van der Waals surface area (Å²) in [4.78, 5) is 14.3. The average molecular weight is 347 g/mol. The van der Waals surface area contributed by atoms with Crippen LogP contribution in [-0.2, 0) is 11.3 Å². The zero-order chi connectivity index (χ0) is 17.7. The van der Waals surface area contributed by atoms with Gasteiger partial charge in [-0.15, -0.1) is 10.2 Å². The van der Waals surface area contributed by atoms with Gasteiger partial charge in [0, 0.05) is 26.7 Å². The summed E-state index contributed by atoms with van der Waals surface area (Å²) in [5.41, 5.74) is 1.09. The predicted molar refractivity (Wildman–Crippen MR) is 98.3 cm³/mol. The highest BCUT2D eigenvalue weighted by atomic mass is 32.2. The molecule has 0 aliphatic rings. The summed E-state index contributed by atoms with van der Waals surface area (Å²) in [6.45, 7) is 6.59. The molecule has 2 aromatic rings. The normalized spacial score (nSPS) is 12.2. The van der Waals surface area contributed by atoms with Gasteiger partial charge in [0.15, 0.2) is 5.16 Å². The van der Waals surface area contributed by atoms with Gasteiger partial charge >= 0.3 is 0 Å². The molecule has 0 aliphatic heterocycles. The van der Waals surface area contributed by atoms with Crippen LogP contribution in [0.15, 0.2) is 35.5 Å². The molecule has 24 heavy (non-hydrogen) atoms. The van der Waals surface area contributed by atoms with Gasteiger partial charge in [0.25, 0.3) is 0 Å². The van der Waals surface area contributed by atoms with E-state index in [9.17, 15) is 4.79 Å². The van der Waals surface area contributed by atoms with Crippen molar-refractivity contribution in [1.82, 2.24) is 20.1 Å². The molecule has 1 N–H and O–H groups in total. The van der Waals surface area contributed by atoms with Crippen molar-refractivity contribution in [2.75, 3.05) is 19.0 Å². The number of nitrogens with zero attached hydrogens (tertiary/aromatic N) is 4. The van der Waals surface area contributed by atoms with Crippen molar-refractivity contribution >= 4 is 23.6 Å². The van der Waals surface area contributed by atoms with Crippen LogP contribution in [-0.4, -0.2) is 40.0 Å². The number of rotatable bonds is 7. The second-order valence-electron chi connectivity index (χ2n) is 6.10. The Morgan fingerprint density at radius 2 is 1.88 bits per heavy atom. The van der Waals surface area contributed by atoms with E-state index in [4.69, 9.17) is 0 Å². The predicted octanol–water partition coefficient (Wildman–Crippen LogP) is 2.72. The summed E-state index contributed by atoms with van der Waals surface area (Å²) in [7, 11) is 3.88. The second kappa shape index (κ2) is 8.19. The zero-order valence-corrected chi connectivity index (χ0v) is 15.7. The molecule has 0 bridgehead atoms. The summed E-state index contributed by atoms with van der Waals surface area (Å²) < 4.78 is 2.05. The number of carbonyl (C=O) groups excluding carboxylic acids is 1. The highest BCUT2D eigenvalue weighted by Crippen LogP contribution is 2.28. The topological polar surface area (TPSA) is 63.1 Å². The third kappa shape index (κ3) is 4.50. The molecular formula is C17H25N5OS. The van der Waals surface area contributed by atoms with Crippen molar-refractivity contribution < 1.29 is 4.79 Å². The van der Waals surface area contributed by atoms with Crippen LogP contribution in [0.5, 0.6) is 0 Å². The second-order valence-corrected chi connectivity index (χ2v) is 7.41. The van der Waals surface area contributed by atoms with Crippen LogP contribution in [0.2, 0.25) is 0 Å². The Bertz CT molecular complexity index is 669. The van der Waals surface area contributed by atoms with Crippen molar-refractivity contribution in [1.29, 1.82) is 0 Å². The fourth-order valence-electron chi connectivity index (χ4n) is 2.25. The number of amides is 1. The molecule has 6 nitrogen and oxygen atoms in total. The van der Waals surface area contributed by atoms with Crippen LogP contribution in [0.1, 0.15) is 32.4 Å². The van der Waals surface area contributed by atoms with Crippen LogP contribution in [0.4, 0.5) is 5.95 Å². The Morgan fingerprint density at radius 1 is 1.21 bits per heavy atom. The fraction of sp³-hybridized carbons (Fsp3) is 0.471. The monoisotopic (exact) mass is 347 g/mol. The zero-order valence-electron chi connectivity index (χ0n) is 14.9. The Kier molecular flexibility index (Phi) is 6.25. The molecule has 0 saturated heterocycles. The number of anilines is 1. The fourth-order valence-corrected chi connectivity index (χ4v) is 3.25. The summed E-state index contributed by atoms with van der Waals surface area (Å²) in [5, 5.41) is 12.0. The maximum absolute atomic E-state index is 12.3. The standard InChI is InChI=1S/C17H25N5OS/c1-12(2)22-16(21(4)5)19-20-17(22)24-13(3)15(23)18-11-14-9-7-6-8-10-14/h6-10,12-13H,11H2,1-5H3,(H,18,23)/t13-/m0/s1. The lowest BCUT2D eigenvalue weighted by atomic mass is 10.2. The molecule has 0 fully saturated rings. The molecule has 1 aromatic carbocycles. The summed E-state index contributed by atoms with van der Waals surface area (Å²) in [6.07, 6.45) is 0. The Labute approximate surface area is 147 Å². The number of thioether (sulfide) groups is 1. The third-order valence-corrected chi connectivity index (χ3v) is 4.58. The number of hydrogen-bond donors (Lipinski definition) is 1. The average Bonchev–Trinajstić information content (AvgIpc) is 2.97. The first-order valence-electron chi connectivity index (χ1n) is 8.00. The van der Waals surface area contributed by atoms with Gasteiger partial charge in [-0.05, 0) is 26.3 Å². The molecular weight excluding hydrogens is 322 g/mol. The van der Waals surface area contributed by atoms with E-state index in [-0.39, 0.29) is 17.2 Å². The number of aromatic nitrogens is 3. The summed E-state index contributed by atoms with van der Waals surface area (Å²) >= 11 is 1.43. The summed E-state index contributed by atoms with van der Waals surface area (Å²) in [5.74, 6) is 0.790. The number of hydrogen-bond acceptors (Lipinski definition) is 5. The van der Waals surface area contributed by atoms with Gasteiger partial charge in [0.2, 0.25) is 11.9 Å². The molecule has 0 spiro atoms. The van der Waals surface area contributed by atoms with Crippen molar-refractivity contribution in [2.24, 2.45) is 0 Å². The van der Waals surface area contributed by atoms with Gasteiger partial charge in [-0.3, -0.25) is 9.36 Å². The van der Waals surface area contributed by atoms with E-state index in [2.05, 4.69) is 29.4 Å². The van der Waals surface area contributed by atoms with E-state index in [1.54, 1.807) is 0 Å². The molecule has 0 unspecified atom stereocenters. The molecule has 130 valence electrons. The van der Waals surface area contributed by atoms with Crippen LogP contribution >= 0.6 is 11.8 Å². The maximum Gasteiger partial charge on any atom is 0.233 e. The molecule has 2 rings (SSSR count). The minimum Gasteiger partial charge on any atom is -0.351 e. The first kappa shape index (κ1) is 18.3. The van der Waals surface area contributed by atoms with E-state index in [1.165, 1.54) is 11.8 Å². The number of benzene rings is 1. The quantitative estimate of drug-likeness (QED) is 0.780. The molecule has 1 heterocycles. The lowest BCUT2D eigenvalue weighted by Crippen LogP contribution is -2.30. The number of carbonyl (C=O) groups is 1. The van der Waals surface area contributed by atoms with Gasteiger partial charge in [-0.1, -0.05) is 42.1 Å². The van der Waals surface area contributed by atoms with Crippen LogP contribution in [0, 0.1) is 0 Å². The highest BCUT2D eigenvalue weighted by Gasteiger charge is 2.22. The molecule has 1 aromatic heterocycles. The van der Waals surface area contributed by atoms with Crippen molar-refractivity contribution in [3.8, 4) is 0 Å². The molecule has 0 radical (unpaired) electrons. The van der Waals surface area contributed by atoms with Gasteiger partial charge in [0.05, 0.1) is 5.25 Å². The largest absolute Gasteiger partial charge is 0.351 e. The van der Waals surface area contributed by atoms with E-state index >= 15 is 0 Å². The van der Waals surface area contributed by atoms with Crippen molar-refractivity contribution in [2.45, 2.75) is 43.8 Å². The van der Waals surface area contributed by atoms with Gasteiger partial charge in [-0.2, -0.15) is 0 Å². The first-order valence-corrected chi connectivity index (χ1v) is 8.88. The minimum atomic E-state index is -0.245. The summed E-state index contributed by atoms with van der Waals surface area (Å²) in [6, 6.07) is 10.1. The number of nitrogens with one attached hydrogen (secondary N) is 1. The highest BCUT2D eigenvalue weighted by molar-refractivity contribution is 8.00. The maximum atomic E-state index is 12.3. The Morgan fingerprint density at radius 3 is 2.46 bits per heavy atom. The van der Waals surface area contributed by atoms with Gasteiger partial charge < -0.3 is 10.2 Å². The molecule has 1 atom stereocenters. The molecule has 1 amide bonds. The van der Waals surface area contributed by atoms with Gasteiger partial charge in [0.1, 0.15) is 0 Å². The van der Waals surface area contributed by atoms with E-state index in [0.717, 1.165) is 16.7 Å². The van der Waals surface area contributed by atoms with E-state index in [1.807, 2.05) is 60.8 Å². The SMILES string of the molecule is CC(C)n1c(S[C@@H](C)C(=O)NCc2ccccc2)nnc1N(C)C. The lowest BCUT2D eigenvalue weighted by Gasteiger charge is -2.19. The molecule has 0 saturated carbocycles. The first-order chi connectivity index (χ1) is 11.4. The van der Waals surface area contributed by atoms with Crippen molar-refractivity contribution in [3.63, 3.8) is 0 Å². The van der Waals surface area contributed by atoms with Crippen molar-refractivity contribution in [3.05, 3.63) is 35.9 Å². The van der Waals surface area contributed by atoms with Crippen LogP contribution in [0.25, 0.3) is 0 Å². The Hall–Kier alpha value is -2.02. The lowest BCUT2D eigenvalue weighted by molar-refractivity contribution is -0.120. The smallest absolute Gasteiger partial charge is 0.233 e. The van der Waals surface area contributed by atoms with E-state index < -0.39 is 0 Å². The Balaban J connectivity index is 2.01. The van der Waals surface area contributed by atoms with Crippen LogP contribution < -0.4 is 10.2 Å². The third-order valence-electron chi connectivity index (χ3n) is 3.52.